The van der Waals surface area contributed by atoms with Gasteiger partial charge in [-0.3, -0.25) is 4.79 Å². The molecule has 1 aromatic carbocycles. The van der Waals surface area contributed by atoms with Crippen molar-refractivity contribution in [1.29, 1.82) is 0 Å². The molecule has 0 radical (unpaired) electrons. The molecule has 26 heavy (non-hydrogen) atoms. The van der Waals surface area contributed by atoms with Crippen molar-refractivity contribution >= 4 is 29.2 Å². The Morgan fingerprint density at radius 3 is 2.65 bits per heavy atom. The molecular formula is C18H27ClN4O3. The number of piperidine rings is 1. The lowest BCUT2D eigenvalue weighted by molar-refractivity contribution is -0.123. The first-order valence-electron chi connectivity index (χ1n) is 8.89. The van der Waals surface area contributed by atoms with Gasteiger partial charge in [-0.1, -0.05) is 11.6 Å². The fraction of sp³-hybridized carbons (Fsp3) is 0.556. The molecule has 0 aliphatic carbocycles. The van der Waals surface area contributed by atoms with Gasteiger partial charge in [-0.2, -0.15) is 0 Å². The molecule has 0 bridgehead atoms. The zero-order valence-electron chi connectivity index (χ0n) is 15.1. The van der Waals surface area contributed by atoms with Crippen LogP contribution in [0.2, 0.25) is 5.02 Å². The summed E-state index contributed by atoms with van der Waals surface area (Å²) in [7, 11) is 1.56. The van der Waals surface area contributed by atoms with E-state index in [0.717, 1.165) is 45.3 Å². The van der Waals surface area contributed by atoms with Gasteiger partial charge in [-0.05, 0) is 57.5 Å². The van der Waals surface area contributed by atoms with E-state index in [1.165, 1.54) is 0 Å². The number of nitrogens with one attached hydrogen (secondary N) is 2. The van der Waals surface area contributed by atoms with Crippen LogP contribution < -0.4 is 21.1 Å². The molecule has 1 saturated heterocycles. The minimum atomic E-state index is -0.278. The molecule has 0 saturated carbocycles. The second-order valence-electron chi connectivity index (χ2n) is 6.45. The van der Waals surface area contributed by atoms with E-state index >= 15 is 0 Å². The predicted molar refractivity (Wildman–Crippen MR) is 103 cm³/mol. The Balaban J connectivity index is 1.58. The van der Waals surface area contributed by atoms with Gasteiger partial charge in [-0.25, -0.2) is 4.79 Å². The summed E-state index contributed by atoms with van der Waals surface area (Å²) in [4.78, 5) is 25.4. The number of likely N-dealkylation sites (tertiary alicyclic amines) is 1. The van der Waals surface area contributed by atoms with Crippen LogP contribution in [0.15, 0.2) is 18.2 Å². The van der Waals surface area contributed by atoms with E-state index in [-0.39, 0.29) is 17.9 Å². The van der Waals surface area contributed by atoms with Gasteiger partial charge >= 0.3 is 6.03 Å². The van der Waals surface area contributed by atoms with Crippen LogP contribution in [0.25, 0.3) is 0 Å². The number of hydrogen-bond acceptors (Lipinski definition) is 4. The molecule has 0 atom stereocenters. The van der Waals surface area contributed by atoms with Crippen molar-refractivity contribution in [3.05, 3.63) is 23.2 Å². The summed E-state index contributed by atoms with van der Waals surface area (Å²) in [5.74, 6) is 0.485. The molecule has 1 fully saturated rings. The van der Waals surface area contributed by atoms with Crippen LogP contribution in [0.3, 0.4) is 0 Å². The van der Waals surface area contributed by atoms with E-state index in [0.29, 0.717) is 23.0 Å². The number of carbonyl (C=O) groups excluding carboxylic acids is 2. The molecule has 0 aromatic heterocycles. The summed E-state index contributed by atoms with van der Waals surface area (Å²) in [6.07, 6.45) is 3.57. The Hall–Kier alpha value is -1.99. The van der Waals surface area contributed by atoms with Crippen molar-refractivity contribution in [2.45, 2.75) is 25.7 Å². The lowest BCUT2D eigenvalue weighted by Gasteiger charge is -2.30. The van der Waals surface area contributed by atoms with Crippen molar-refractivity contribution < 1.29 is 14.3 Å². The van der Waals surface area contributed by atoms with Gasteiger partial charge in [0.2, 0.25) is 5.91 Å². The second-order valence-corrected chi connectivity index (χ2v) is 6.86. The first-order valence-corrected chi connectivity index (χ1v) is 9.27. The summed E-state index contributed by atoms with van der Waals surface area (Å²) < 4.78 is 5.07. The van der Waals surface area contributed by atoms with Crippen molar-refractivity contribution in [1.82, 2.24) is 10.2 Å². The number of anilines is 1. The highest BCUT2D eigenvalue weighted by Crippen LogP contribution is 2.26. The summed E-state index contributed by atoms with van der Waals surface area (Å²) in [5.41, 5.74) is 5.89. The van der Waals surface area contributed by atoms with E-state index < -0.39 is 0 Å². The topological polar surface area (TPSA) is 96.7 Å². The summed E-state index contributed by atoms with van der Waals surface area (Å²) in [6.45, 7) is 3.39. The molecule has 7 nitrogen and oxygen atoms in total. The van der Waals surface area contributed by atoms with Gasteiger partial charge in [-0.15, -0.1) is 0 Å². The highest BCUT2D eigenvalue weighted by atomic mass is 35.5. The van der Waals surface area contributed by atoms with Gasteiger partial charge < -0.3 is 26.0 Å². The minimum absolute atomic E-state index is 0.0291. The van der Waals surface area contributed by atoms with Crippen LogP contribution in [0, 0.1) is 5.92 Å². The van der Waals surface area contributed by atoms with E-state index in [2.05, 4.69) is 15.5 Å². The third-order valence-corrected chi connectivity index (χ3v) is 4.91. The van der Waals surface area contributed by atoms with E-state index in [4.69, 9.17) is 22.1 Å². The number of nitrogens with zero attached hydrogens (tertiary/aromatic N) is 1. The zero-order chi connectivity index (χ0) is 18.9. The van der Waals surface area contributed by atoms with Crippen molar-refractivity contribution in [3.8, 4) is 5.75 Å². The number of rotatable bonds is 8. The lowest BCUT2D eigenvalue weighted by atomic mass is 9.96. The number of ether oxygens (including phenoxy) is 1. The minimum Gasteiger partial charge on any atom is -0.497 e. The smallest absolute Gasteiger partial charge is 0.319 e. The van der Waals surface area contributed by atoms with Crippen molar-refractivity contribution in [2.75, 3.05) is 38.6 Å². The lowest BCUT2D eigenvalue weighted by Crippen LogP contribution is -2.39. The number of hydrogen-bond donors (Lipinski definition) is 3. The molecule has 144 valence electrons. The molecule has 0 unspecified atom stereocenters. The van der Waals surface area contributed by atoms with Gasteiger partial charge in [0.05, 0.1) is 17.8 Å². The fourth-order valence-electron chi connectivity index (χ4n) is 2.99. The molecule has 8 heteroatoms. The van der Waals surface area contributed by atoms with Gasteiger partial charge in [0, 0.05) is 18.5 Å². The maximum absolute atomic E-state index is 11.9. The number of carbonyl (C=O) groups is 2. The molecule has 1 aromatic rings. The molecule has 3 amide bonds. The Morgan fingerprint density at radius 1 is 1.31 bits per heavy atom. The predicted octanol–water partition coefficient (Wildman–Crippen LogP) is 2.45. The normalized spacial score (nSPS) is 15.5. The third-order valence-electron chi connectivity index (χ3n) is 4.60. The van der Waals surface area contributed by atoms with Crippen molar-refractivity contribution in [2.24, 2.45) is 11.7 Å². The average Bonchev–Trinajstić information content (AvgIpc) is 2.63. The van der Waals surface area contributed by atoms with Gasteiger partial charge in [0.15, 0.2) is 0 Å². The van der Waals surface area contributed by atoms with Crippen LogP contribution in [0.4, 0.5) is 10.5 Å². The molecule has 4 N–H and O–H groups in total. The van der Waals surface area contributed by atoms with Crippen LogP contribution >= 0.6 is 11.6 Å². The van der Waals surface area contributed by atoms with Gasteiger partial charge in [0.1, 0.15) is 5.75 Å². The largest absolute Gasteiger partial charge is 0.497 e. The summed E-state index contributed by atoms with van der Waals surface area (Å²) in [5, 5.41) is 5.98. The highest BCUT2D eigenvalue weighted by molar-refractivity contribution is 6.33. The molecule has 2 rings (SSSR count). The number of primary amides is 1. The van der Waals surface area contributed by atoms with Crippen LogP contribution in [-0.2, 0) is 4.79 Å². The fourth-order valence-corrected chi connectivity index (χ4v) is 3.21. The first kappa shape index (κ1) is 20.3. The number of methoxy groups -OCH3 is 1. The monoisotopic (exact) mass is 382 g/mol. The van der Waals surface area contributed by atoms with E-state index in [9.17, 15) is 9.59 Å². The number of nitrogens with two attached hydrogens (primary N) is 1. The quantitative estimate of drug-likeness (QED) is 0.601. The van der Waals surface area contributed by atoms with E-state index in [1.54, 1.807) is 25.3 Å². The van der Waals surface area contributed by atoms with Crippen molar-refractivity contribution in [3.63, 3.8) is 0 Å². The second kappa shape index (κ2) is 10.2. The molecular weight excluding hydrogens is 356 g/mol. The Bertz CT molecular complexity index is 618. The maximum atomic E-state index is 11.9. The number of unbranched alkanes of at least 4 members (excludes halogenated alkanes) is 1. The molecule has 1 heterocycles. The first-order chi connectivity index (χ1) is 12.5. The third kappa shape index (κ3) is 6.38. The summed E-state index contributed by atoms with van der Waals surface area (Å²) in [6, 6.07) is 4.82. The van der Waals surface area contributed by atoms with Crippen LogP contribution in [0.1, 0.15) is 25.7 Å². The number of amides is 3. The highest BCUT2D eigenvalue weighted by Gasteiger charge is 2.22. The number of urea groups is 1. The number of benzene rings is 1. The van der Waals surface area contributed by atoms with Gasteiger partial charge in [0.25, 0.3) is 0 Å². The average molecular weight is 383 g/mol. The van der Waals surface area contributed by atoms with Crippen LogP contribution in [-0.4, -0.2) is 50.1 Å². The SMILES string of the molecule is COc1ccc(NC(=O)NCCCCN2CCC(C(N)=O)CC2)c(Cl)c1. The maximum Gasteiger partial charge on any atom is 0.319 e. The van der Waals surface area contributed by atoms with E-state index in [1.807, 2.05) is 0 Å². The van der Waals surface area contributed by atoms with Crippen LogP contribution in [0.5, 0.6) is 5.75 Å². The summed E-state index contributed by atoms with van der Waals surface area (Å²) >= 11 is 6.09. The number of halogens is 1. The molecule has 0 spiro atoms. The Labute approximate surface area is 159 Å². The Kier molecular flexibility index (Phi) is 8.00. The zero-order valence-corrected chi connectivity index (χ0v) is 15.8. The Morgan fingerprint density at radius 2 is 2.04 bits per heavy atom. The molecule has 1 aliphatic heterocycles. The standard InChI is InChI=1S/C18H27ClN4O3/c1-26-14-4-5-16(15(19)12-14)22-18(25)21-8-2-3-9-23-10-6-13(7-11-23)17(20)24/h4-5,12-13H,2-3,6-11H2,1H3,(H2,20,24)(H2,21,22,25). The molecule has 1 aliphatic rings.